The summed E-state index contributed by atoms with van der Waals surface area (Å²) < 4.78 is 11.4. The molecule has 0 amide bonds. The van der Waals surface area contributed by atoms with E-state index in [2.05, 4.69) is 5.10 Å². The lowest BCUT2D eigenvalue weighted by Crippen LogP contribution is -2.15. The smallest absolute Gasteiger partial charge is 0.357 e. The van der Waals surface area contributed by atoms with Gasteiger partial charge in [-0.1, -0.05) is 42.5 Å². The molecule has 28 heavy (non-hydrogen) atoms. The fourth-order valence-electron chi connectivity index (χ4n) is 3.41. The first-order valence-electron chi connectivity index (χ1n) is 9.10. The molecule has 0 unspecified atom stereocenters. The third-order valence-electron chi connectivity index (χ3n) is 4.89. The van der Waals surface area contributed by atoms with E-state index in [1.807, 2.05) is 54.6 Å². The van der Waals surface area contributed by atoms with Gasteiger partial charge in [0.05, 0.1) is 19.9 Å². The van der Waals surface area contributed by atoms with E-state index in [-0.39, 0.29) is 11.3 Å². The second-order valence-corrected chi connectivity index (χ2v) is 6.66. The van der Waals surface area contributed by atoms with E-state index in [1.165, 1.54) is 18.9 Å². The molecule has 0 spiro atoms. The zero-order valence-electron chi connectivity index (χ0n) is 15.7. The van der Waals surface area contributed by atoms with Gasteiger partial charge < -0.3 is 9.47 Å². The lowest BCUT2D eigenvalue weighted by molar-refractivity contribution is 0.0549. The molecule has 3 aromatic rings. The number of para-hydroxylation sites is 1. The Kier molecular flexibility index (Phi) is 4.69. The highest BCUT2D eigenvalue weighted by molar-refractivity contribution is 6.07. The quantitative estimate of drug-likeness (QED) is 0.630. The number of ether oxygens (including phenoxy) is 2. The molecule has 6 heteroatoms. The van der Waals surface area contributed by atoms with E-state index in [9.17, 15) is 9.59 Å². The fraction of sp³-hybridized carbons (Fsp3) is 0.227. The minimum Gasteiger partial charge on any atom is -0.465 e. The van der Waals surface area contributed by atoms with Gasteiger partial charge in [0.2, 0.25) is 0 Å². The molecule has 0 N–H and O–H groups in total. The van der Waals surface area contributed by atoms with E-state index >= 15 is 0 Å². The molecule has 0 bridgehead atoms. The molecule has 1 fully saturated rings. The summed E-state index contributed by atoms with van der Waals surface area (Å²) in [6, 6.07) is 17.0. The Hall–Kier alpha value is -3.41. The van der Waals surface area contributed by atoms with Gasteiger partial charge >= 0.3 is 11.9 Å². The van der Waals surface area contributed by atoms with Crippen LogP contribution in [0.1, 0.15) is 45.2 Å². The summed E-state index contributed by atoms with van der Waals surface area (Å²) in [5.41, 5.74) is 3.22. The molecule has 0 aliphatic heterocycles. The van der Waals surface area contributed by atoms with Crippen LogP contribution in [0.3, 0.4) is 0 Å². The first-order valence-corrected chi connectivity index (χ1v) is 9.10. The number of methoxy groups -OCH3 is 2. The highest BCUT2D eigenvalue weighted by Crippen LogP contribution is 2.45. The van der Waals surface area contributed by atoms with Crippen molar-refractivity contribution in [3.8, 4) is 16.9 Å². The molecule has 1 aromatic heterocycles. The second kappa shape index (κ2) is 7.31. The Morgan fingerprint density at radius 3 is 2.21 bits per heavy atom. The molecular formula is C22H20N2O4. The zero-order valence-corrected chi connectivity index (χ0v) is 15.7. The van der Waals surface area contributed by atoms with Crippen molar-refractivity contribution in [2.24, 2.45) is 0 Å². The van der Waals surface area contributed by atoms with E-state index in [4.69, 9.17) is 9.47 Å². The predicted molar refractivity (Wildman–Crippen MR) is 104 cm³/mol. The minimum absolute atomic E-state index is 0.0566. The van der Waals surface area contributed by atoms with Crippen molar-refractivity contribution in [3.05, 3.63) is 71.4 Å². The largest absolute Gasteiger partial charge is 0.465 e. The van der Waals surface area contributed by atoms with Crippen molar-refractivity contribution < 1.29 is 19.1 Å². The monoisotopic (exact) mass is 376 g/mol. The van der Waals surface area contributed by atoms with E-state index < -0.39 is 11.9 Å². The van der Waals surface area contributed by atoms with Crippen molar-refractivity contribution in [2.45, 2.75) is 18.8 Å². The van der Waals surface area contributed by atoms with Crippen molar-refractivity contribution in [2.75, 3.05) is 14.2 Å². The summed E-state index contributed by atoms with van der Waals surface area (Å²) in [5.74, 6) is -0.819. The SMILES string of the molecule is COC(=O)c1c(-c2ccccc2C2CC2)nn(-c2ccccc2)c1C(=O)OC. The molecule has 1 saturated carbocycles. The van der Waals surface area contributed by atoms with Crippen LogP contribution in [0.5, 0.6) is 0 Å². The molecule has 2 aromatic carbocycles. The van der Waals surface area contributed by atoms with Crippen LogP contribution >= 0.6 is 0 Å². The molecule has 4 rings (SSSR count). The maximum absolute atomic E-state index is 12.7. The maximum Gasteiger partial charge on any atom is 0.357 e. The lowest BCUT2D eigenvalue weighted by atomic mass is 9.97. The Balaban J connectivity index is 2.03. The Morgan fingerprint density at radius 1 is 0.929 bits per heavy atom. The van der Waals surface area contributed by atoms with Gasteiger partial charge in [-0.3, -0.25) is 0 Å². The first kappa shape index (κ1) is 18.0. The molecular weight excluding hydrogens is 356 g/mol. The van der Waals surface area contributed by atoms with E-state index in [0.29, 0.717) is 17.3 Å². The number of aromatic nitrogens is 2. The van der Waals surface area contributed by atoms with Gasteiger partial charge in [-0.05, 0) is 36.5 Å². The molecule has 142 valence electrons. The molecule has 1 aliphatic rings. The van der Waals surface area contributed by atoms with Crippen molar-refractivity contribution in [1.82, 2.24) is 9.78 Å². The number of esters is 2. The van der Waals surface area contributed by atoms with Crippen LogP contribution in [0, 0.1) is 0 Å². The highest BCUT2D eigenvalue weighted by atomic mass is 16.5. The molecule has 1 heterocycles. The van der Waals surface area contributed by atoms with Gasteiger partial charge in [-0.2, -0.15) is 5.10 Å². The number of rotatable bonds is 5. The number of hydrogen-bond donors (Lipinski definition) is 0. The van der Waals surface area contributed by atoms with E-state index in [0.717, 1.165) is 24.0 Å². The summed E-state index contributed by atoms with van der Waals surface area (Å²) in [5, 5.41) is 4.67. The van der Waals surface area contributed by atoms with Gasteiger partial charge in [0.1, 0.15) is 11.3 Å². The standard InChI is InChI=1S/C22H20N2O4/c1-27-21(25)18-19(17-11-7-6-10-16(17)14-12-13-14)23-24(20(18)22(26)28-2)15-8-4-3-5-9-15/h3-11,14H,12-13H2,1-2H3. The molecule has 6 nitrogen and oxygen atoms in total. The first-order chi connectivity index (χ1) is 13.7. The van der Waals surface area contributed by atoms with Crippen LogP contribution in [-0.4, -0.2) is 35.9 Å². The van der Waals surface area contributed by atoms with Gasteiger partial charge in [0, 0.05) is 5.56 Å². The zero-order chi connectivity index (χ0) is 19.7. The average molecular weight is 376 g/mol. The third-order valence-corrected chi connectivity index (χ3v) is 4.89. The summed E-state index contributed by atoms with van der Waals surface area (Å²) in [6.45, 7) is 0. The number of hydrogen-bond acceptors (Lipinski definition) is 5. The van der Waals surface area contributed by atoms with Crippen LogP contribution in [0.25, 0.3) is 16.9 Å². The van der Waals surface area contributed by atoms with Gasteiger partial charge in [-0.25, -0.2) is 14.3 Å². The maximum atomic E-state index is 12.7. The number of nitrogens with zero attached hydrogens (tertiary/aromatic N) is 2. The molecule has 1 aliphatic carbocycles. The lowest BCUT2D eigenvalue weighted by Gasteiger charge is -2.08. The average Bonchev–Trinajstić information content (AvgIpc) is 3.52. The summed E-state index contributed by atoms with van der Waals surface area (Å²) in [7, 11) is 2.57. The number of carbonyl (C=O) groups is 2. The van der Waals surface area contributed by atoms with Gasteiger partial charge in [-0.15, -0.1) is 0 Å². The summed E-state index contributed by atoms with van der Waals surface area (Å²) in [4.78, 5) is 25.3. The fourth-order valence-corrected chi connectivity index (χ4v) is 3.41. The molecule has 0 saturated heterocycles. The summed E-state index contributed by atoms with van der Waals surface area (Å²) in [6.07, 6.45) is 2.21. The number of benzene rings is 2. The highest BCUT2D eigenvalue weighted by Gasteiger charge is 2.34. The molecule has 0 atom stereocenters. The number of carbonyl (C=O) groups excluding carboxylic acids is 2. The van der Waals surface area contributed by atoms with Crippen molar-refractivity contribution >= 4 is 11.9 Å². The van der Waals surface area contributed by atoms with Crippen molar-refractivity contribution in [3.63, 3.8) is 0 Å². The topological polar surface area (TPSA) is 70.4 Å². The van der Waals surface area contributed by atoms with E-state index in [1.54, 1.807) is 0 Å². The van der Waals surface area contributed by atoms with Gasteiger partial charge in [0.25, 0.3) is 0 Å². The van der Waals surface area contributed by atoms with Crippen LogP contribution < -0.4 is 0 Å². The van der Waals surface area contributed by atoms with Crippen LogP contribution in [-0.2, 0) is 9.47 Å². The molecule has 0 radical (unpaired) electrons. The minimum atomic E-state index is -0.646. The van der Waals surface area contributed by atoms with Gasteiger partial charge in [0.15, 0.2) is 5.69 Å². The Labute approximate surface area is 162 Å². The third kappa shape index (κ3) is 3.07. The predicted octanol–water partition coefficient (Wildman–Crippen LogP) is 3.99. The van der Waals surface area contributed by atoms with Crippen LogP contribution in [0.4, 0.5) is 0 Å². The van der Waals surface area contributed by atoms with Crippen molar-refractivity contribution in [1.29, 1.82) is 0 Å². The Bertz CT molecular complexity index is 1040. The van der Waals surface area contributed by atoms with Crippen LogP contribution in [0.2, 0.25) is 0 Å². The Morgan fingerprint density at radius 2 is 1.57 bits per heavy atom. The normalized spacial score (nSPS) is 13.2. The van der Waals surface area contributed by atoms with Crippen LogP contribution in [0.15, 0.2) is 54.6 Å². The second-order valence-electron chi connectivity index (χ2n) is 6.66. The summed E-state index contributed by atoms with van der Waals surface area (Å²) >= 11 is 0.